The average molecular weight is 342 g/mol. The summed E-state index contributed by atoms with van der Waals surface area (Å²) in [4.78, 5) is 13.2. The van der Waals surface area contributed by atoms with Gasteiger partial charge in [0, 0.05) is 15.6 Å². The van der Waals surface area contributed by atoms with Crippen LogP contribution >= 0.6 is 27.3 Å². The molecule has 1 N–H and O–H groups in total. The molecule has 2 unspecified atom stereocenters. The average Bonchev–Trinajstić information content (AvgIpc) is 2.96. The Morgan fingerprint density at radius 3 is 2.95 bits per heavy atom. The summed E-state index contributed by atoms with van der Waals surface area (Å²) < 4.78 is 13.9. The Morgan fingerprint density at radius 2 is 2.21 bits per heavy atom. The maximum absolute atomic E-state index is 13.1. The van der Waals surface area contributed by atoms with Crippen LogP contribution in [0.4, 0.5) is 4.39 Å². The molecule has 0 spiro atoms. The fourth-order valence-electron chi connectivity index (χ4n) is 2.43. The fourth-order valence-corrected chi connectivity index (χ4v) is 4.14. The minimum absolute atomic E-state index is 0.0574. The van der Waals surface area contributed by atoms with Crippen LogP contribution in [0, 0.1) is 5.82 Å². The summed E-state index contributed by atoms with van der Waals surface area (Å²) in [6.07, 6.45) is 3.25. The SMILES string of the molecule is O=C(NC1CCCC1Br)c1cc2ccc(F)cc2s1. The van der Waals surface area contributed by atoms with Gasteiger partial charge in [0.25, 0.3) is 5.91 Å². The van der Waals surface area contributed by atoms with Crippen LogP contribution in [0.2, 0.25) is 0 Å². The lowest BCUT2D eigenvalue weighted by Gasteiger charge is -2.15. The number of nitrogens with one attached hydrogen (secondary N) is 1. The number of benzene rings is 1. The summed E-state index contributed by atoms with van der Waals surface area (Å²) in [5.41, 5.74) is 0. The molecule has 1 aromatic carbocycles. The van der Waals surface area contributed by atoms with Gasteiger partial charge in [0.2, 0.25) is 0 Å². The van der Waals surface area contributed by atoms with E-state index >= 15 is 0 Å². The van der Waals surface area contributed by atoms with E-state index in [9.17, 15) is 9.18 Å². The molecule has 5 heteroatoms. The topological polar surface area (TPSA) is 29.1 Å². The van der Waals surface area contributed by atoms with Crippen LogP contribution in [0.5, 0.6) is 0 Å². The summed E-state index contributed by atoms with van der Waals surface area (Å²) in [6, 6.07) is 6.63. The Hall–Kier alpha value is -0.940. The molecule has 1 heterocycles. The second-order valence-electron chi connectivity index (χ2n) is 4.82. The number of rotatable bonds is 2. The molecule has 19 heavy (non-hydrogen) atoms. The zero-order chi connectivity index (χ0) is 13.4. The van der Waals surface area contributed by atoms with Crippen molar-refractivity contribution in [2.24, 2.45) is 0 Å². The molecular weight excluding hydrogens is 329 g/mol. The summed E-state index contributed by atoms with van der Waals surface area (Å²) in [7, 11) is 0. The van der Waals surface area contributed by atoms with Gasteiger partial charge in [0.15, 0.2) is 0 Å². The zero-order valence-corrected chi connectivity index (χ0v) is 12.6. The molecule has 1 aliphatic rings. The molecule has 1 saturated carbocycles. The number of carbonyl (C=O) groups is 1. The van der Waals surface area contributed by atoms with Gasteiger partial charge < -0.3 is 5.32 Å². The Labute approximate surface area is 123 Å². The number of thiophene rings is 1. The Bertz CT molecular complexity index is 627. The van der Waals surface area contributed by atoms with Gasteiger partial charge in [-0.1, -0.05) is 28.4 Å². The van der Waals surface area contributed by atoms with E-state index in [0.717, 1.165) is 29.3 Å². The third-order valence-electron chi connectivity index (χ3n) is 3.45. The van der Waals surface area contributed by atoms with Crippen molar-refractivity contribution in [2.75, 3.05) is 0 Å². The van der Waals surface area contributed by atoms with Gasteiger partial charge in [-0.05, 0) is 36.4 Å². The molecule has 0 saturated heterocycles. The second kappa shape index (κ2) is 5.21. The molecule has 2 aromatic rings. The number of hydrogen-bond acceptors (Lipinski definition) is 2. The van der Waals surface area contributed by atoms with E-state index < -0.39 is 0 Å². The number of fused-ring (bicyclic) bond motifs is 1. The van der Waals surface area contributed by atoms with Crippen LogP contribution in [0.3, 0.4) is 0 Å². The predicted molar refractivity (Wildman–Crippen MR) is 79.6 cm³/mol. The molecule has 1 aliphatic carbocycles. The lowest BCUT2D eigenvalue weighted by atomic mass is 10.2. The fraction of sp³-hybridized carbons (Fsp3) is 0.357. The Balaban J connectivity index is 1.81. The van der Waals surface area contributed by atoms with Crippen LogP contribution in [-0.4, -0.2) is 16.8 Å². The van der Waals surface area contributed by atoms with Gasteiger partial charge in [-0.3, -0.25) is 4.79 Å². The molecular formula is C14H13BrFNOS. The van der Waals surface area contributed by atoms with Crippen LogP contribution in [0.1, 0.15) is 28.9 Å². The molecule has 0 radical (unpaired) electrons. The van der Waals surface area contributed by atoms with Gasteiger partial charge in [0.05, 0.1) is 4.88 Å². The van der Waals surface area contributed by atoms with Gasteiger partial charge in [-0.15, -0.1) is 11.3 Å². The van der Waals surface area contributed by atoms with Crippen molar-refractivity contribution < 1.29 is 9.18 Å². The van der Waals surface area contributed by atoms with Crippen molar-refractivity contribution in [1.29, 1.82) is 0 Å². The molecule has 1 aromatic heterocycles. The van der Waals surface area contributed by atoms with E-state index in [1.165, 1.54) is 23.5 Å². The summed E-state index contributed by atoms with van der Waals surface area (Å²) in [5, 5.41) is 3.97. The molecule has 0 aliphatic heterocycles. The lowest BCUT2D eigenvalue weighted by Crippen LogP contribution is -2.37. The molecule has 3 rings (SSSR count). The minimum Gasteiger partial charge on any atom is -0.347 e. The Morgan fingerprint density at radius 1 is 1.37 bits per heavy atom. The number of carbonyl (C=O) groups excluding carboxylic acids is 1. The van der Waals surface area contributed by atoms with Crippen LogP contribution in [0.15, 0.2) is 24.3 Å². The van der Waals surface area contributed by atoms with Gasteiger partial charge in [0.1, 0.15) is 5.82 Å². The third kappa shape index (κ3) is 2.67. The van der Waals surface area contributed by atoms with Crippen LogP contribution < -0.4 is 5.32 Å². The molecule has 0 bridgehead atoms. The zero-order valence-electron chi connectivity index (χ0n) is 10.2. The van der Waals surface area contributed by atoms with E-state index in [4.69, 9.17) is 0 Å². The first-order valence-corrected chi connectivity index (χ1v) is 8.01. The minimum atomic E-state index is -0.266. The highest BCUT2D eigenvalue weighted by atomic mass is 79.9. The maximum atomic E-state index is 13.1. The number of alkyl halides is 1. The monoisotopic (exact) mass is 341 g/mol. The predicted octanol–water partition coefficient (Wildman–Crippen LogP) is 4.09. The second-order valence-corrected chi connectivity index (χ2v) is 7.08. The van der Waals surface area contributed by atoms with Gasteiger partial charge in [-0.2, -0.15) is 0 Å². The summed E-state index contributed by atoms with van der Waals surface area (Å²) >= 11 is 4.93. The van der Waals surface area contributed by atoms with Crippen molar-refractivity contribution in [3.8, 4) is 0 Å². The molecule has 1 fully saturated rings. The van der Waals surface area contributed by atoms with E-state index in [-0.39, 0.29) is 17.8 Å². The highest BCUT2D eigenvalue weighted by Crippen LogP contribution is 2.28. The Kier molecular flexibility index (Phi) is 3.58. The first-order chi connectivity index (χ1) is 9.13. The molecule has 100 valence electrons. The number of hydrogen-bond donors (Lipinski definition) is 1. The van der Waals surface area contributed by atoms with Crippen molar-refractivity contribution in [3.63, 3.8) is 0 Å². The summed E-state index contributed by atoms with van der Waals surface area (Å²) in [5.74, 6) is -0.324. The van der Waals surface area contributed by atoms with Gasteiger partial charge >= 0.3 is 0 Å². The third-order valence-corrected chi connectivity index (χ3v) is 5.65. The highest BCUT2D eigenvalue weighted by molar-refractivity contribution is 9.09. The van der Waals surface area contributed by atoms with Gasteiger partial charge in [-0.25, -0.2) is 4.39 Å². The molecule has 2 atom stereocenters. The first-order valence-electron chi connectivity index (χ1n) is 6.27. The van der Waals surface area contributed by atoms with E-state index in [2.05, 4.69) is 21.2 Å². The van der Waals surface area contributed by atoms with Crippen molar-refractivity contribution in [2.45, 2.75) is 30.1 Å². The normalized spacial score (nSPS) is 22.8. The van der Waals surface area contributed by atoms with Crippen molar-refractivity contribution in [1.82, 2.24) is 5.32 Å². The lowest BCUT2D eigenvalue weighted by molar-refractivity contribution is 0.0943. The number of halogens is 2. The van der Waals surface area contributed by atoms with Crippen molar-refractivity contribution in [3.05, 3.63) is 35.0 Å². The quantitative estimate of drug-likeness (QED) is 0.819. The molecule has 1 amide bonds. The van der Waals surface area contributed by atoms with E-state index in [0.29, 0.717) is 9.70 Å². The van der Waals surface area contributed by atoms with E-state index in [1.54, 1.807) is 6.07 Å². The van der Waals surface area contributed by atoms with E-state index in [1.807, 2.05) is 6.07 Å². The highest BCUT2D eigenvalue weighted by Gasteiger charge is 2.26. The van der Waals surface area contributed by atoms with Crippen molar-refractivity contribution >= 4 is 43.3 Å². The number of amides is 1. The first kappa shape index (κ1) is 13.1. The largest absolute Gasteiger partial charge is 0.347 e. The van der Waals surface area contributed by atoms with Crippen LogP contribution in [-0.2, 0) is 0 Å². The smallest absolute Gasteiger partial charge is 0.261 e. The summed E-state index contributed by atoms with van der Waals surface area (Å²) in [6.45, 7) is 0. The standard InChI is InChI=1S/C14H13BrFNOS/c15-10-2-1-3-11(10)17-14(18)13-6-8-4-5-9(16)7-12(8)19-13/h4-7,10-11H,1-3H2,(H,17,18). The van der Waals surface area contributed by atoms with Crippen LogP contribution in [0.25, 0.3) is 10.1 Å². The maximum Gasteiger partial charge on any atom is 0.261 e. The molecule has 2 nitrogen and oxygen atoms in total.